The number of nitrogens with one attached hydrogen (secondary N) is 2. The fourth-order valence-electron chi connectivity index (χ4n) is 2.40. The minimum atomic E-state index is -0.177. The van der Waals surface area contributed by atoms with Crippen LogP contribution in [0, 0.1) is 0 Å². The van der Waals surface area contributed by atoms with Gasteiger partial charge >= 0.3 is 0 Å². The van der Waals surface area contributed by atoms with E-state index in [1.54, 1.807) is 16.5 Å². The smallest absolute Gasteiger partial charge is 0.252 e. The fraction of sp³-hybridized carbons (Fsp3) is 0.100. The van der Waals surface area contributed by atoms with E-state index in [9.17, 15) is 9.59 Å². The normalized spacial score (nSPS) is 10.2. The monoisotopic (exact) mass is 365 g/mol. The molecule has 2 amide bonds. The lowest BCUT2D eigenvalue weighted by atomic mass is 10.2. The van der Waals surface area contributed by atoms with E-state index < -0.39 is 0 Å². The Bertz CT molecular complexity index is 797. The van der Waals surface area contributed by atoms with E-state index in [0.717, 1.165) is 11.4 Å². The molecule has 3 aromatic rings. The summed E-state index contributed by atoms with van der Waals surface area (Å²) in [6, 6.07) is 21.0. The summed E-state index contributed by atoms with van der Waals surface area (Å²) in [5.41, 5.74) is 5.23. The summed E-state index contributed by atoms with van der Waals surface area (Å²) in [5, 5.41) is 8.12. The van der Waals surface area contributed by atoms with Gasteiger partial charge < -0.3 is 5.32 Å². The Balaban J connectivity index is 1.60. The average Bonchev–Trinajstić information content (AvgIpc) is 3.22. The van der Waals surface area contributed by atoms with Crippen LogP contribution in [0.3, 0.4) is 0 Å². The second kappa shape index (κ2) is 8.82. The van der Waals surface area contributed by atoms with Crippen molar-refractivity contribution in [1.82, 2.24) is 10.7 Å². The van der Waals surface area contributed by atoms with E-state index in [1.807, 2.05) is 66.0 Å². The number of carbonyl (C=O) groups excluding carboxylic acids is 2. The number of carbonyl (C=O) groups is 2. The van der Waals surface area contributed by atoms with Gasteiger partial charge in [-0.05, 0) is 35.7 Å². The highest BCUT2D eigenvalue weighted by Gasteiger charge is 2.13. The van der Waals surface area contributed by atoms with Crippen LogP contribution < -0.4 is 15.8 Å². The molecular formula is C20H19N3O2S. The van der Waals surface area contributed by atoms with E-state index in [1.165, 1.54) is 11.3 Å². The van der Waals surface area contributed by atoms with Crippen molar-refractivity contribution in [2.75, 3.05) is 11.6 Å². The molecule has 0 bridgehead atoms. The Hall–Kier alpha value is -3.12. The molecule has 0 saturated heterocycles. The molecule has 2 aromatic carbocycles. The molecule has 1 aromatic heterocycles. The summed E-state index contributed by atoms with van der Waals surface area (Å²) < 4.78 is 0. The van der Waals surface area contributed by atoms with Crippen molar-refractivity contribution in [3.8, 4) is 0 Å². The number of benzene rings is 2. The van der Waals surface area contributed by atoms with Crippen molar-refractivity contribution in [3.05, 3.63) is 83.1 Å². The van der Waals surface area contributed by atoms with Crippen molar-refractivity contribution in [2.45, 2.75) is 6.42 Å². The van der Waals surface area contributed by atoms with Gasteiger partial charge in [0.15, 0.2) is 0 Å². The summed E-state index contributed by atoms with van der Waals surface area (Å²) in [5.74, 6) is -0.342. The lowest BCUT2D eigenvalue weighted by molar-refractivity contribution is -0.120. The Morgan fingerprint density at radius 2 is 1.50 bits per heavy atom. The Labute approximate surface area is 156 Å². The van der Waals surface area contributed by atoms with Crippen LogP contribution in [0.1, 0.15) is 16.8 Å². The Morgan fingerprint density at radius 1 is 0.885 bits per heavy atom. The minimum absolute atomic E-state index is 0.165. The second-order valence-corrected chi connectivity index (χ2v) is 6.34. The number of hydrogen-bond acceptors (Lipinski definition) is 4. The zero-order chi connectivity index (χ0) is 18.2. The molecule has 6 heteroatoms. The van der Waals surface area contributed by atoms with Crippen LogP contribution in [0.5, 0.6) is 0 Å². The van der Waals surface area contributed by atoms with Gasteiger partial charge in [-0.2, -0.15) is 11.3 Å². The topological polar surface area (TPSA) is 61.4 Å². The fourth-order valence-corrected chi connectivity index (χ4v) is 3.03. The number of nitrogens with zero attached hydrogens (tertiary/aromatic N) is 1. The molecule has 0 unspecified atom stereocenters. The van der Waals surface area contributed by atoms with Gasteiger partial charge in [0.1, 0.15) is 0 Å². The SMILES string of the molecule is O=C(CCNC(=O)c1ccsc1)NN(c1ccccc1)c1ccccc1. The van der Waals surface area contributed by atoms with Crippen molar-refractivity contribution < 1.29 is 9.59 Å². The molecule has 1 heterocycles. The van der Waals surface area contributed by atoms with Crippen molar-refractivity contribution >= 4 is 34.5 Å². The molecule has 0 aliphatic rings. The van der Waals surface area contributed by atoms with Crippen molar-refractivity contribution in [3.63, 3.8) is 0 Å². The maximum Gasteiger partial charge on any atom is 0.252 e. The quantitative estimate of drug-likeness (QED) is 0.627. The van der Waals surface area contributed by atoms with Gasteiger partial charge in [-0.15, -0.1) is 0 Å². The van der Waals surface area contributed by atoms with Crippen LogP contribution in [-0.2, 0) is 4.79 Å². The number of hydrazine groups is 1. The molecule has 2 N–H and O–H groups in total. The predicted molar refractivity (Wildman–Crippen MR) is 104 cm³/mol. The molecule has 0 fully saturated rings. The highest BCUT2D eigenvalue weighted by molar-refractivity contribution is 7.08. The zero-order valence-corrected chi connectivity index (χ0v) is 14.9. The first-order chi connectivity index (χ1) is 12.7. The van der Waals surface area contributed by atoms with Gasteiger partial charge in [-0.1, -0.05) is 36.4 Å². The van der Waals surface area contributed by atoms with Crippen LogP contribution in [0.15, 0.2) is 77.5 Å². The van der Waals surface area contributed by atoms with E-state index in [0.29, 0.717) is 5.56 Å². The molecule has 5 nitrogen and oxygen atoms in total. The van der Waals surface area contributed by atoms with E-state index in [-0.39, 0.29) is 24.8 Å². The molecule has 3 rings (SSSR count). The zero-order valence-electron chi connectivity index (χ0n) is 14.1. The van der Waals surface area contributed by atoms with E-state index in [2.05, 4.69) is 10.7 Å². The van der Waals surface area contributed by atoms with E-state index in [4.69, 9.17) is 0 Å². The van der Waals surface area contributed by atoms with Gasteiger partial charge in [-0.3, -0.25) is 20.0 Å². The van der Waals surface area contributed by atoms with Crippen LogP contribution in [0.25, 0.3) is 0 Å². The first-order valence-corrected chi connectivity index (χ1v) is 9.18. The van der Waals surface area contributed by atoms with Crippen molar-refractivity contribution in [1.29, 1.82) is 0 Å². The van der Waals surface area contributed by atoms with Crippen LogP contribution in [-0.4, -0.2) is 18.4 Å². The summed E-state index contributed by atoms with van der Waals surface area (Å²) in [4.78, 5) is 24.3. The highest BCUT2D eigenvalue weighted by Crippen LogP contribution is 2.22. The Morgan fingerprint density at radius 3 is 2.04 bits per heavy atom. The largest absolute Gasteiger partial charge is 0.351 e. The summed E-state index contributed by atoms with van der Waals surface area (Å²) >= 11 is 1.46. The van der Waals surface area contributed by atoms with Crippen LogP contribution in [0.2, 0.25) is 0 Å². The summed E-state index contributed by atoms with van der Waals surface area (Å²) in [6.07, 6.45) is 0.187. The lowest BCUT2D eigenvalue weighted by Crippen LogP contribution is -2.40. The molecule has 0 atom stereocenters. The third kappa shape index (κ3) is 4.70. The van der Waals surface area contributed by atoms with Gasteiger partial charge in [0.2, 0.25) is 5.91 Å². The molecule has 0 spiro atoms. The number of hydrogen-bond donors (Lipinski definition) is 2. The van der Waals surface area contributed by atoms with Gasteiger partial charge in [0, 0.05) is 23.9 Å². The van der Waals surface area contributed by atoms with Gasteiger partial charge in [0.25, 0.3) is 5.91 Å². The second-order valence-electron chi connectivity index (χ2n) is 5.56. The summed E-state index contributed by atoms with van der Waals surface area (Å²) in [6.45, 7) is 0.276. The number of rotatable bonds is 7. The standard InChI is InChI=1S/C20H19N3O2S/c24-19(11-13-21-20(25)16-12-14-26-15-16)22-23(17-7-3-1-4-8-17)18-9-5-2-6-10-18/h1-10,12,14-15H,11,13H2,(H,21,25)(H,22,24). The van der Waals surface area contributed by atoms with E-state index >= 15 is 0 Å². The third-order valence-electron chi connectivity index (χ3n) is 3.69. The van der Waals surface area contributed by atoms with Gasteiger partial charge in [0.05, 0.1) is 11.4 Å². The molecule has 26 heavy (non-hydrogen) atoms. The molecular weight excluding hydrogens is 346 g/mol. The molecule has 0 radical (unpaired) electrons. The van der Waals surface area contributed by atoms with Crippen LogP contribution >= 0.6 is 11.3 Å². The third-order valence-corrected chi connectivity index (χ3v) is 4.37. The molecule has 0 aliphatic heterocycles. The molecule has 132 valence electrons. The first kappa shape index (κ1) is 17.7. The van der Waals surface area contributed by atoms with Crippen LogP contribution in [0.4, 0.5) is 11.4 Å². The highest BCUT2D eigenvalue weighted by atomic mass is 32.1. The number of anilines is 2. The average molecular weight is 365 g/mol. The predicted octanol–water partition coefficient (Wildman–Crippen LogP) is 3.74. The van der Waals surface area contributed by atoms with Gasteiger partial charge in [-0.25, -0.2) is 0 Å². The maximum absolute atomic E-state index is 12.4. The molecule has 0 saturated carbocycles. The Kier molecular flexibility index (Phi) is 6.01. The number of thiophene rings is 1. The summed E-state index contributed by atoms with van der Waals surface area (Å²) in [7, 11) is 0. The first-order valence-electron chi connectivity index (χ1n) is 8.24. The number of para-hydroxylation sites is 2. The number of amides is 2. The lowest BCUT2D eigenvalue weighted by Gasteiger charge is -2.25. The van der Waals surface area contributed by atoms with Crippen molar-refractivity contribution in [2.24, 2.45) is 0 Å². The minimum Gasteiger partial charge on any atom is -0.351 e. The molecule has 0 aliphatic carbocycles. The maximum atomic E-state index is 12.4.